The van der Waals surface area contributed by atoms with E-state index in [1.54, 1.807) is 0 Å². The van der Waals surface area contributed by atoms with Gasteiger partial charge in [-0.2, -0.15) is 0 Å². The van der Waals surface area contributed by atoms with E-state index < -0.39 is 0 Å². The molecule has 2 aliphatic rings. The summed E-state index contributed by atoms with van der Waals surface area (Å²) in [5.74, 6) is 0.952. The largest absolute Gasteiger partial charge is 0.376 e. The highest BCUT2D eigenvalue weighted by Gasteiger charge is 2.29. The zero-order valence-electron chi connectivity index (χ0n) is 10.1. The molecule has 2 heterocycles. The van der Waals surface area contributed by atoms with Gasteiger partial charge >= 0.3 is 0 Å². The average molecular weight is 254 g/mol. The zero-order chi connectivity index (χ0) is 11.8. The lowest BCUT2D eigenvalue weighted by atomic mass is 10.2. The Bertz CT molecular complexity index is 445. The number of nitrogens with zero attached hydrogens (tertiary/aromatic N) is 3. The molecule has 0 radical (unpaired) electrons. The van der Waals surface area contributed by atoms with Gasteiger partial charge in [0.1, 0.15) is 0 Å². The first-order chi connectivity index (χ1) is 8.25. The fraction of sp³-hybridized carbons (Fsp3) is 0.818. The molecule has 0 bridgehead atoms. The molecular weight excluding hydrogens is 236 g/mol. The third-order valence-corrected chi connectivity index (χ3v) is 3.73. The van der Waals surface area contributed by atoms with Crippen molar-refractivity contribution in [3.63, 3.8) is 0 Å². The topological polar surface area (TPSA) is 46.1 Å². The summed E-state index contributed by atoms with van der Waals surface area (Å²) in [7, 11) is 2.06. The maximum absolute atomic E-state index is 5.65. The predicted octanol–water partition coefficient (Wildman–Crippen LogP) is 1.89. The number of aromatic amines is 1. The summed E-state index contributed by atoms with van der Waals surface area (Å²) in [4.78, 5) is 2.15. The number of anilines is 1. The van der Waals surface area contributed by atoms with Gasteiger partial charge < -0.3 is 9.64 Å². The first-order valence-corrected chi connectivity index (χ1v) is 6.66. The van der Waals surface area contributed by atoms with E-state index >= 15 is 0 Å². The van der Waals surface area contributed by atoms with Gasteiger partial charge in [0.15, 0.2) is 4.77 Å². The van der Waals surface area contributed by atoms with E-state index in [1.165, 1.54) is 19.3 Å². The molecule has 6 heteroatoms. The van der Waals surface area contributed by atoms with Gasteiger partial charge in [0, 0.05) is 26.2 Å². The number of H-pyrrole nitrogens is 1. The molecule has 1 atom stereocenters. The molecule has 0 spiro atoms. The SMILES string of the molecule is CN(CC1CCCO1)c1n[nH]c(=S)n1C1CC1. The summed E-state index contributed by atoms with van der Waals surface area (Å²) in [5, 5.41) is 7.23. The van der Waals surface area contributed by atoms with Crippen molar-refractivity contribution in [2.45, 2.75) is 37.8 Å². The van der Waals surface area contributed by atoms with Crippen molar-refractivity contribution in [2.24, 2.45) is 0 Å². The second kappa shape index (κ2) is 4.42. The minimum absolute atomic E-state index is 0.345. The van der Waals surface area contributed by atoms with Crippen molar-refractivity contribution in [3.05, 3.63) is 4.77 Å². The molecule has 0 aromatic carbocycles. The van der Waals surface area contributed by atoms with E-state index in [1.807, 2.05) is 0 Å². The fourth-order valence-corrected chi connectivity index (χ4v) is 2.68. The maximum atomic E-state index is 5.65. The molecular formula is C11H18N4OS. The Morgan fingerprint density at radius 1 is 1.53 bits per heavy atom. The first kappa shape index (κ1) is 11.2. The van der Waals surface area contributed by atoms with Crippen molar-refractivity contribution >= 4 is 18.2 Å². The molecule has 1 unspecified atom stereocenters. The summed E-state index contributed by atoms with van der Waals surface area (Å²) >= 11 is 5.28. The van der Waals surface area contributed by atoms with Gasteiger partial charge in [0.05, 0.1) is 6.10 Å². The summed E-state index contributed by atoms with van der Waals surface area (Å²) in [6.45, 7) is 1.79. The molecule has 17 heavy (non-hydrogen) atoms. The van der Waals surface area contributed by atoms with Gasteiger partial charge in [0.25, 0.3) is 0 Å². The van der Waals surface area contributed by atoms with E-state index in [2.05, 4.69) is 26.7 Å². The molecule has 1 saturated heterocycles. The van der Waals surface area contributed by atoms with Crippen LogP contribution in [0.25, 0.3) is 0 Å². The van der Waals surface area contributed by atoms with Crippen LogP contribution in [-0.4, -0.2) is 41.1 Å². The standard InChI is InChI=1S/C11H18N4OS/c1-14(7-9-3-2-6-16-9)10-12-13-11(17)15(10)8-4-5-8/h8-9H,2-7H2,1H3,(H,13,17). The smallest absolute Gasteiger partial charge is 0.225 e. The van der Waals surface area contributed by atoms with Gasteiger partial charge in [-0.05, 0) is 37.9 Å². The molecule has 1 aliphatic heterocycles. The number of hydrogen-bond acceptors (Lipinski definition) is 4. The highest BCUT2D eigenvalue weighted by atomic mass is 32.1. The third kappa shape index (κ3) is 2.24. The van der Waals surface area contributed by atoms with E-state index in [4.69, 9.17) is 17.0 Å². The molecule has 1 aromatic heterocycles. The van der Waals surface area contributed by atoms with Crippen LogP contribution in [0.15, 0.2) is 0 Å². The quantitative estimate of drug-likeness (QED) is 0.834. The Kier molecular flexibility index (Phi) is 2.92. The van der Waals surface area contributed by atoms with Gasteiger partial charge in [-0.25, -0.2) is 5.10 Å². The Morgan fingerprint density at radius 2 is 2.35 bits per heavy atom. The lowest BCUT2D eigenvalue weighted by Gasteiger charge is -2.21. The van der Waals surface area contributed by atoms with Crippen LogP contribution in [0, 0.1) is 4.77 Å². The van der Waals surface area contributed by atoms with E-state index in [0.717, 1.165) is 30.3 Å². The number of hydrogen-bond donors (Lipinski definition) is 1. The second-order valence-corrected chi connectivity index (χ2v) is 5.33. The first-order valence-electron chi connectivity index (χ1n) is 6.25. The van der Waals surface area contributed by atoms with Gasteiger partial charge in [-0.15, -0.1) is 5.10 Å². The van der Waals surface area contributed by atoms with E-state index in [9.17, 15) is 0 Å². The number of aromatic nitrogens is 3. The third-order valence-electron chi connectivity index (χ3n) is 3.44. The average Bonchev–Trinajstić information content (AvgIpc) is 2.86. The normalized spacial score (nSPS) is 24.2. The molecule has 1 aliphatic carbocycles. The van der Waals surface area contributed by atoms with Gasteiger partial charge in [0.2, 0.25) is 5.95 Å². The second-order valence-electron chi connectivity index (χ2n) is 4.95. The Balaban J connectivity index is 1.75. The summed E-state index contributed by atoms with van der Waals surface area (Å²) in [5.41, 5.74) is 0. The minimum Gasteiger partial charge on any atom is -0.376 e. The van der Waals surface area contributed by atoms with Crippen molar-refractivity contribution in [1.29, 1.82) is 0 Å². The maximum Gasteiger partial charge on any atom is 0.225 e. The molecule has 1 N–H and O–H groups in total. The van der Waals surface area contributed by atoms with Crippen LogP contribution >= 0.6 is 12.2 Å². The minimum atomic E-state index is 0.345. The van der Waals surface area contributed by atoms with Crippen LogP contribution < -0.4 is 4.90 Å². The molecule has 2 fully saturated rings. The zero-order valence-corrected chi connectivity index (χ0v) is 10.9. The van der Waals surface area contributed by atoms with Crippen molar-refractivity contribution in [2.75, 3.05) is 25.1 Å². The summed E-state index contributed by atoms with van der Waals surface area (Å²) < 4.78 is 8.53. The molecule has 0 amide bonds. The number of rotatable bonds is 4. The number of ether oxygens (including phenoxy) is 1. The molecule has 3 rings (SSSR count). The molecule has 1 saturated carbocycles. The lowest BCUT2D eigenvalue weighted by molar-refractivity contribution is 0.116. The summed E-state index contributed by atoms with van der Waals surface area (Å²) in [6.07, 6.45) is 5.11. The highest BCUT2D eigenvalue weighted by Crippen LogP contribution is 2.37. The predicted molar refractivity (Wildman–Crippen MR) is 67.9 cm³/mol. The lowest BCUT2D eigenvalue weighted by Crippen LogP contribution is -2.30. The van der Waals surface area contributed by atoms with E-state index in [-0.39, 0.29) is 0 Å². The van der Waals surface area contributed by atoms with Crippen molar-refractivity contribution in [1.82, 2.24) is 14.8 Å². The number of nitrogens with one attached hydrogen (secondary N) is 1. The van der Waals surface area contributed by atoms with Crippen molar-refractivity contribution < 1.29 is 4.74 Å². The fourth-order valence-electron chi connectivity index (χ4n) is 2.40. The van der Waals surface area contributed by atoms with Crippen LogP contribution in [0.3, 0.4) is 0 Å². The number of likely N-dealkylation sites (N-methyl/N-ethyl adjacent to an activating group) is 1. The van der Waals surface area contributed by atoms with Crippen LogP contribution in [-0.2, 0) is 4.74 Å². The van der Waals surface area contributed by atoms with Gasteiger partial charge in [-0.3, -0.25) is 4.57 Å². The van der Waals surface area contributed by atoms with Crippen LogP contribution in [0.2, 0.25) is 0 Å². The molecule has 94 valence electrons. The van der Waals surface area contributed by atoms with Crippen LogP contribution in [0.5, 0.6) is 0 Å². The van der Waals surface area contributed by atoms with Crippen molar-refractivity contribution in [3.8, 4) is 0 Å². The Hall–Kier alpha value is -0.880. The Morgan fingerprint density at radius 3 is 3.00 bits per heavy atom. The summed E-state index contributed by atoms with van der Waals surface area (Å²) in [6, 6.07) is 0.559. The highest BCUT2D eigenvalue weighted by molar-refractivity contribution is 7.71. The van der Waals surface area contributed by atoms with Gasteiger partial charge in [-0.1, -0.05) is 0 Å². The monoisotopic (exact) mass is 254 g/mol. The van der Waals surface area contributed by atoms with Crippen LogP contribution in [0.1, 0.15) is 31.7 Å². The molecule has 5 nitrogen and oxygen atoms in total. The van der Waals surface area contributed by atoms with E-state index in [0.29, 0.717) is 12.1 Å². The van der Waals surface area contributed by atoms with Crippen LogP contribution in [0.4, 0.5) is 5.95 Å². The Labute approximate surface area is 106 Å². The molecule has 1 aromatic rings.